The molecule has 148 valence electrons. The molecule has 1 saturated heterocycles. The maximum absolute atomic E-state index is 11.1. The van der Waals surface area contributed by atoms with Crippen molar-refractivity contribution < 1.29 is 13.2 Å². The van der Waals surface area contributed by atoms with E-state index in [2.05, 4.69) is 32.2 Å². The van der Waals surface area contributed by atoms with Crippen molar-refractivity contribution in [1.82, 2.24) is 10.2 Å². The number of ether oxygens (including phenoxy) is 1. The second kappa shape index (κ2) is 10.8. The van der Waals surface area contributed by atoms with Gasteiger partial charge in [-0.2, -0.15) is 0 Å². The highest BCUT2D eigenvalue weighted by atomic mass is 127. The van der Waals surface area contributed by atoms with Crippen molar-refractivity contribution in [2.75, 3.05) is 57.0 Å². The maximum Gasteiger partial charge on any atom is 0.210 e. The van der Waals surface area contributed by atoms with E-state index in [4.69, 9.17) is 9.88 Å². The van der Waals surface area contributed by atoms with Crippen molar-refractivity contribution in [2.45, 2.75) is 6.92 Å². The molecule has 0 atom stereocenters. The van der Waals surface area contributed by atoms with E-state index < -0.39 is 10.0 Å². The van der Waals surface area contributed by atoms with E-state index >= 15 is 0 Å². The Morgan fingerprint density at radius 3 is 2.35 bits per heavy atom. The van der Waals surface area contributed by atoms with Gasteiger partial charge in [-0.1, -0.05) is 0 Å². The lowest BCUT2D eigenvalue weighted by molar-refractivity contribution is 0.372. The third-order valence-electron chi connectivity index (χ3n) is 3.99. The van der Waals surface area contributed by atoms with Crippen LogP contribution in [0.5, 0.6) is 5.75 Å². The summed E-state index contributed by atoms with van der Waals surface area (Å²) in [6.07, 6.45) is 0. The zero-order valence-electron chi connectivity index (χ0n) is 15.2. The number of methoxy groups -OCH3 is 1. The third-order valence-corrected chi connectivity index (χ3v) is 4.74. The summed E-state index contributed by atoms with van der Waals surface area (Å²) in [4.78, 5) is 8.84. The molecule has 0 amide bonds. The number of halogens is 1. The molecule has 3 N–H and O–H groups in total. The zero-order valence-corrected chi connectivity index (χ0v) is 18.4. The molecule has 0 spiro atoms. The summed E-state index contributed by atoms with van der Waals surface area (Å²) in [7, 11) is -1.83. The van der Waals surface area contributed by atoms with Crippen LogP contribution in [0.4, 0.5) is 5.69 Å². The Balaban J connectivity index is 0.00000338. The molecular weight excluding hydrogens is 469 g/mol. The van der Waals surface area contributed by atoms with Crippen LogP contribution in [0.3, 0.4) is 0 Å². The molecule has 0 aliphatic carbocycles. The van der Waals surface area contributed by atoms with Crippen molar-refractivity contribution >= 4 is 45.6 Å². The molecule has 0 bridgehead atoms. The molecule has 1 aliphatic rings. The summed E-state index contributed by atoms with van der Waals surface area (Å²) in [5.74, 6) is 1.44. The Bertz CT molecular complexity index is 674. The standard InChI is InChI=1S/C16H27N5O3S.HI/c1-3-18-16(19-8-13-25(17,22)23)21-11-9-20(10-12-21)14-4-6-15(24-2)7-5-14;/h4-7H,3,8-13H2,1-2H3,(H,18,19)(H2,17,22,23);1H. The van der Waals surface area contributed by atoms with E-state index in [1.165, 1.54) is 0 Å². The number of anilines is 1. The van der Waals surface area contributed by atoms with Crippen molar-refractivity contribution in [3.63, 3.8) is 0 Å². The van der Waals surface area contributed by atoms with Crippen molar-refractivity contribution in [3.8, 4) is 5.75 Å². The van der Waals surface area contributed by atoms with Crippen molar-refractivity contribution in [3.05, 3.63) is 24.3 Å². The van der Waals surface area contributed by atoms with Gasteiger partial charge in [0.25, 0.3) is 0 Å². The Morgan fingerprint density at radius 2 is 1.85 bits per heavy atom. The number of sulfonamides is 1. The highest BCUT2D eigenvalue weighted by Crippen LogP contribution is 2.20. The summed E-state index contributed by atoms with van der Waals surface area (Å²) in [6.45, 7) is 6.24. The fraction of sp³-hybridized carbons (Fsp3) is 0.562. The van der Waals surface area contributed by atoms with E-state index in [-0.39, 0.29) is 36.3 Å². The lowest BCUT2D eigenvalue weighted by atomic mass is 10.2. The van der Waals surface area contributed by atoms with Crippen LogP contribution in [-0.4, -0.2) is 71.4 Å². The maximum atomic E-state index is 11.1. The molecule has 0 aromatic heterocycles. The predicted molar refractivity (Wildman–Crippen MR) is 116 cm³/mol. The molecule has 26 heavy (non-hydrogen) atoms. The minimum absolute atomic E-state index is 0. The smallest absolute Gasteiger partial charge is 0.210 e. The lowest BCUT2D eigenvalue weighted by Crippen LogP contribution is -2.52. The van der Waals surface area contributed by atoms with Crippen LogP contribution in [0, 0.1) is 0 Å². The van der Waals surface area contributed by atoms with Crippen LogP contribution in [0.1, 0.15) is 6.92 Å². The van der Waals surface area contributed by atoms with Gasteiger partial charge < -0.3 is 19.9 Å². The second-order valence-electron chi connectivity index (χ2n) is 5.77. The molecule has 0 saturated carbocycles. The average Bonchev–Trinajstić information content (AvgIpc) is 2.60. The van der Waals surface area contributed by atoms with E-state index in [1.807, 2.05) is 19.1 Å². The van der Waals surface area contributed by atoms with E-state index in [9.17, 15) is 8.42 Å². The minimum atomic E-state index is -3.49. The summed E-state index contributed by atoms with van der Waals surface area (Å²) < 4.78 is 27.3. The summed E-state index contributed by atoms with van der Waals surface area (Å²) >= 11 is 0. The highest BCUT2D eigenvalue weighted by Gasteiger charge is 2.20. The van der Waals surface area contributed by atoms with Gasteiger partial charge in [0, 0.05) is 38.4 Å². The summed E-state index contributed by atoms with van der Waals surface area (Å²) in [6, 6.07) is 8.03. The van der Waals surface area contributed by atoms with Crippen LogP contribution in [-0.2, 0) is 10.0 Å². The van der Waals surface area contributed by atoms with E-state index in [1.54, 1.807) is 7.11 Å². The van der Waals surface area contributed by atoms with Crippen molar-refractivity contribution in [1.29, 1.82) is 0 Å². The van der Waals surface area contributed by atoms with Gasteiger partial charge in [0.2, 0.25) is 10.0 Å². The number of nitrogens with two attached hydrogens (primary N) is 1. The molecule has 1 heterocycles. The zero-order chi connectivity index (χ0) is 18.3. The summed E-state index contributed by atoms with van der Waals surface area (Å²) in [5, 5.41) is 8.24. The molecule has 1 aliphatic heterocycles. The number of nitrogens with one attached hydrogen (secondary N) is 1. The van der Waals surface area contributed by atoms with E-state index in [0.29, 0.717) is 0 Å². The number of guanidine groups is 1. The number of primary sulfonamides is 1. The number of rotatable bonds is 6. The number of piperazine rings is 1. The van der Waals surface area contributed by atoms with Gasteiger partial charge in [-0.3, -0.25) is 4.99 Å². The second-order valence-corrected chi connectivity index (χ2v) is 7.51. The monoisotopic (exact) mass is 497 g/mol. The van der Waals surface area contributed by atoms with Crippen LogP contribution in [0.2, 0.25) is 0 Å². The first-order chi connectivity index (χ1) is 11.9. The fourth-order valence-electron chi connectivity index (χ4n) is 2.67. The number of hydrogen-bond acceptors (Lipinski definition) is 5. The largest absolute Gasteiger partial charge is 0.497 e. The third kappa shape index (κ3) is 7.16. The van der Waals surface area contributed by atoms with E-state index in [0.717, 1.165) is 50.1 Å². The van der Waals surface area contributed by atoms with Gasteiger partial charge >= 0.3 is 0 Å². The molecular formula is C16H28IN5O3S. The van der Waals surface area contributed by atoms with Gasteiger partial charge in [0.05, 0.1) is 19.4 Å². The first-order valence-electron chi connectivity index (χ1n) is 8.35. The van der Waals surface area contributed by atoms with Gasteiger partial charge in [-0.05, 0) is 31.2 Å². The quantitative estimate of drug-likeness (QED) is 0.341. The van der Waals surface area contributed by atoms with Crippen LogP contribution < -0.4 is 20.1 Å². The molecule has 1 fully saturated rings. The number of nitrogens with zero attached hydrogens (tertiary/aromatic N) is 3. The molecule has 0 radical (unpaired) electrons. The van der Waals surface area contributed by atoms with Gasteiger partial charge in [0.15, 0.2) is 5.96 Å². The summed E-state index contributed by atoms with van der Waals surface area (Å²) in [5.41, 5.74) is 1.16. The Morgan fingerprint density at radius 1 is 1.23 bits per heavy atom. The number of hydrogen-bond donors (Lipinski definition) is 2. The molecule has 8 nitrogen and oxygen atoms in total. The Labute approximate surface area is 172 Å². The van der Waals surface area contributed by atoms with Gasteiger partial charge in [-0.25, -0.2) is 13.6 Å². The average molecular weight is 497 g/mol. The molecule has 10 heteroatoms. The van der Waals surface area contributed by atoms with Crippen molar-refractivity contribution in [2.24, 2.45) is 10.1 Å². The molecule has 1 aromatic rings. The predicted octanol–water partition coefficient (Wildman–Crippen LogP) is 0.689. The lowest BCUT2D eigenvalue weighted by Gasteiger charge is -2.37. The SMILES string of the molecule is CCNC(=NCCS(N)(=O)=O)N1CCN(c2ccc(OC)cc2)CC1.I. The van der Waals surface area contributed by atoms with Crippen LogP contribution in [0.15, 0.2) is 29.3 Å². The number of aliphatic imine (C=N–C) groups is 1. The number of benzene rings is 1. The fourth-order valence-corrected chi connectivity index (χ4v) is 3.02. The molecule has 1 aromatic carbocycles. The Kier molecular flexibility index (Phi) is 9.44. The first-order valence-corrected chi connectivity index (χ1v) is 10.1. The highest BCUT2D eigenvalue weighted by molar-refractivity contribution is 14.0. The van der Waals surface area contributed by atoms with Crippen LogP contribution in [0.25, 0.3) is 0 Å². The molecule has 2 rings (SSSR count). The topological polar surface area (TPSA) is 100 Å². The van der Waals surface area contributed by atoms with Gasteiger partial charge in [0.1, 0.15) is 5.75 Å². The van der Waals surface area contributed by atoms with Gasteiger partial charge in [-0.15, -0.1) is 24.0 Å². The Hall–Kier alpha value is -1.27. The van der Waals surface area contributed by atoms with Crippen LogP contribution >= 0.6 is 24.0 Å². The first kappa shape index (κ1) is 22.8. The molecule has 0 unspecified atom stereocenters. The normalized spacial score (nSPS) is 15.4. The minimum Gasteiger partial charge on any atom is -0.497 e.